The van der Waals surface area contributed by atoms with E-state index in [1.165, 1.54) is 6.20 Å². The second-order valence-corrected chi connectivity index (χ2v) is 6.94. The Morgan fingerprint density at radius 1 is 1.31 bits per heavy atom. The van der Waals surface area contributed by atoms with Crippen molar-refractivity contribution in [3.63, 3.8) is 0 Å². The summed E-state index contributed by atoms with van der Waals surface area (Å²) in [4.78, 5) is 20.4. The number of nitrogens with two attached hydrogens (primary N) is 1. The first-order chi connectivity index (χ1) is 12.5. The molecule has 0 spiro atoms. The largest absolute Gasteiger partial charge is 0.396 e. The highest BCUT2D eigenvalue weighted by atomic mass is 19.1. The number of carbonyl (C=O) groups is 1. The maximum absolute atomic E-state index is 14.8. The van der Waals surface area contributed by atoms with Gasteiger partial charge in [0.15, 0.2) is 5.82 Å². The number of amides is 1. The predicted molar refractivity (Wildman–Crippen MR) is 100.0 cm³/mol. The molecule has 1 saturated carbocycles. The molecule has 3 N–H and O–H groups in total. The van der Waals surface area contributed by atoms with E-state index in [1.807, 2.05) is 19.9 Å². The van der Waals surface area contributed by atoms with Crippen LogP contribution < -0.4 is 11.1 Å². The molecule has 2 atom stereocenters. The highest BCUT2D eigenvalue weighted by Crippen LogP contribution is 2.39. The molecular formula is C20H19FN4O. The Labute approximate surface area is 150 Å². The maximum Gasteiger partial charge on any atom is 0.228 e. The molecule has 5 nitrogen and oxygen atoms in total. The lowest BCUT2D eigenvalue weighted by molar-refractivity contribution is -0.117. The van der Waals surface area contributed by atoms with E-state index in [2.05, 4.69) is 15.3 Å². The summed E-state index contributed by atoms with van der Waals surface area (Å²) in [6.07, 6.45) is 5.69. The van der Waals surface area contributed by atoms with Gasteiger partial charge in [-0.15, -0.1) is 0 Å². The first-order valence-electron chi connectivity index (χ1n) is 8.55. The normalized spacial score (nSPS) is 18.7. The number of pyridine rings is 2. The van der Waals surface area contributed by atoms with E-state index in [9.17, 15) is 9.18 Å². The number of carbonyl (C=O) groups excluding carboxylic acids is 1. The lowest BCUT2D eigenvalue weighted by atomic mass is 9.98. The zero-order valence-electron chi connectivity index (χ0n) is 14.6. The first-order valence-corrected chi connectivity index (χ1v) is 8.55. The Kier molecular flexibility index (Phi) is 3.83. The molecule has 2 heterocycles. The van der Waals surface area contributed by atoms with Gasteiger partial charge in [-0.3, -0.25) is 9.78 Å². The number of rotatable bonds is 3. The molecule has 1 aliphatic rings. The number of hydrogen-bond acceptors (Lipinski definition) is 4. The third-order valence-corrected chi connectivity index (χ3v) is 5.03. The van der Waals surface area contributed by atoms with Crippen LogP contribution in [0.25, 0.3) is 21.9 Å². The van der Waals surface area contributed by atoms with Gasteiger partial charge in [0.1, 0.15) is 5.82 Å². The van der Waals surface area contributed by atoms with E-state index in [-0.39, 0.29) is 17.5 Å². The summed E-state index contributed by atoms with van der Waals surface area (Å²) < 4.78 is 14.8. The quantitative estimate of drug-likeness (QED) is 0.702. The van der Waals surface area contributed by atoms with Crippen molar-refractivity contribution >= 4 is 28.2 Å². The third kappa shape index (κ3) is 2.77. The molecule has 3 aromatic rings. The van der Waals surface area contributed by atoms with Gasteiger partial charge in [-0.2, -0.15) is 0 Å². The molecule has 1 aromatic carbocycles. The number of aromatic nitrogens is 2. The number of benzene rings is 1. The van der Waals surface area contributed by atoms with Crippen molar-refractivity contribution in [2.75, 3.05) is 11.1 Å². The summed E-state index contributed by atoms with van der Waals surface area (Å²) in [5.74, 6) is 0.406. The van der Waals surface area contributed by atoms with Gasteiger partial charge < -0.3 is 11.1 Å². The van der Waals surface area contributed by atoms with E-state index in [0.29, 0.717) is 28.2 Å². The van der Waals surface area contributed by atoms with Crippen LogP contribution in [0.1, 0.15) is 18.9 Å². The molecule has 4 rings (SSSR count). The van der Waals surface area contributed by atoms with Crippen molar-refractivity contribution in [3.05, 3.63) is 48.2 Å². The molecule has 6 heteroatoms. The second-order valence-electron chi connectivity index (χ2n) is 6.94. The van der Waals surface area contributed by atoms with Gasteiger partial charge in [0.25, 0.3) is 0 Å². The molecule has 0 saturated heterocycles. The van der Waals surface area contributed by atoms with Crippen LogP contribution in [0.3, 0.4) is 0 Å². The summed E-state index contributed by atoms with van der Waals surface area (Å²) in [6.45, 7) is 3.94. The maximum atomic E-state index is 14.8. The van der Waals surface area contributed by atoms with Crippen LogP contribution in [0.15, 0.2) is 36.8 Å². The predicted octanol–water partition coefficient (Wildman–Crippen LogP) is 3.92. The molecule has 0 aliphatic heterocycles. The molecule has 2 aromatic heterocycles. The average molecular weight is 350 g/mol. The molecule has 1 fully saturated rings. The van der Waals surface area contributed by atoms with Gasteiger partial charge in [0.05, 0.1) is 5.69 Å². The number of nitrogens with zero attached hydrogens (tertiary/aromatic N) is 2. The Morgan fingerprint density at radius 2 is 2.08 bits per heavy atom. The van der Waals surface area contributed by atoms with Crippen molar-refractivity contribution in [2.24, 2.45) is 11.8 Å². The van der Waals surface area contributed by atoms with Crippen LogP contribution in [-0.4, -0.2) is 15.9 Å². The fraction of sp³-hybridized carbons (Fsp3) is 0.250. The Balaban J connectivity index is 1.78. The number of hydrogen-bond donors (Lipinski definition) is 2. The molecule has 1 aliphatic carbocycles. The van der Waals surface area contributed by atoms with Gasteiger partial charge >= 0.3 is 0 Å². The van der Waals surface area contributed by atoms with Crippen molar-refractivity contribution < 1.29 is 9.18 Å². The van der Waals surface area contributed by atoms with Crippen molar-refractivity contribution in [2.45, 2.75) is 20.3 Å². The molecule has 0 bridgehead atoms. The highest BCUT2D eigenvalue weighted by Gasteiger charge is 2.39. The van der Waals surface area contributed by atoms with Crippen LogP contribution in [0.4, 0.5) is 15.9 Å². The van der Waals surface area contributed by atoms with Crippen molar-refractivity contribution in [1.82, 2.24) is 9.97 Å². The van der Waals surface area contributed by atoms with Gasteiger partial charge in [-0.25, -0.2) is 9.37 Å². The number of nitrogen functional groups attached to an aromatic ring is 1. The summed E-state index contributed by atoms with van der Waals surface area (Å²) in [5.41, 5.74) is 8.04. The van der Waals surface area contributed by atoms with Crippen LogP contribution >= 0.6 is 0 Å². The van der Waals surface area contributed by atoms with Crippen LogP contribution in [0, 0.1) is 24.6 Å². The molecule has 1 amide bonds. The lowest BCUT2D eigenvalue weighted by Gasteiger charge is -2.12. The monoisotopic (exact) mass is 350 g/mol. The minimum absolute atomic E-state index is 0.0252. The third-order valence-electron chi connectivity index (χ3n) is 5.03. The molecule has 26 heavy (non-hydrogen) atoms. The van der Waals surface area contributed by atoms with E-state index in [1.54, 1.807) is 24.5 Å². The van der Waals surface area contributed by atoms with Gasteiger partial charge in [0.2, 0.25) is 5.91 Å². The van der Waals surface area contributed by atoms with Crippen molar-refractivity contribution in [1.29, 1.82) is 0 Å². The highest BCUT2D eigenvalue weighted by molar-refractivity contribution is 6.00. The smallest absolute Gasteiger partial charge is 0.228 e. The Morgan fingerprint density at radius 3 is 2.77 bits per heavy atom. The molecular weight excluding hydrogens is 331 g/mol. The van der Waals surface area contributed by atoms with E-state index < -0.39 is 5.82 Å². The average Bonchev–Trinajstić information content (AvgIpc) is 3.36. The topological polar surface area (TPSA) is 80.9 Å². The fourth-order valence-electron chi connectivity index (χ4n) is 3.21. The summed E-state index contributed by atoms with van der Waals surface area (Å²) in [6, 6.07) is 5.28. The fourth-order valence-corrected chi connectivity index (χ4v) is 3.21. The van der Waals surface area contributed by atoms with E-state index in [0.717, 1.165) is 17.4 Å². The number of halogens is 1. The standard InChI is InChI=1S/C20H19FN4O/c1-10-3-4-23-8-15(10)14-6-12-7-17(25-20(26)13-5-11(13)2)24-9-16(12)19(22)18(14)21/h3-4,6-9,11,13H,5,22H2,1-2H3,(H,24,25,26)/t11-,13-/m0/s1. The minimum atomic E-state index is -0.487. The summed E-state index contributed by atoms with van der Waals surface area (Å²) in [7, 11) is 0. The van der Waals surface area contributed by atoms with Gasteiger partial charge in [0, 0.05) is 41.0 Å². The number of aryl methyl sites for hydroxylation is 1. The van der Waals surface area contributed by atoms with E-state index >= 15 is 0 Å². The first kappa shape index (κ1) is 16.4. The van der Waals surface area contributed by atoms with E-state index in [4.69, 9.17) is 5.73 Å². The Hall–Kier alpha value is -3.02. The molecule has 132 valence electrons. The van der Waals surface area contributed by atoms with Crippen molar-refractivity contribution in [3.8, 4) is 11.1 Å². The lowest BCUT2D eigenvalue weighted by Crippen LogP contribution is -2.15. The van der Waals surface area contributed by atoms with Crippen LogP contribution in [0.5, 0.6) is 0 Å². The number of anilines is 2. The minimum Gasteiger partial charge on any atom is -0.396 e. The second kappa shape index (κ2) is 6.05. The number of fused-ring (bicyclic) bond motifs is 1. The Bertz CT molecular complexity index is 1030. The zero-order chi connectivity index (χ0) is 18.4. The molecule has 0 radical (unpaired) electrons. The number of nitrogens with one attached hydrogen (secondary N) is 1. The van der Waals surface area contributed by atoms with Crippen LogP contribution in [0.2, 0.25) is 0 Å². The summed E-state index contributed by atoms with van der Waals surface area (Å²) >= 11 is 0. The zero-order valence-corrected chi connectivity index (χ0v) is 14.6. The SMILES string of the molecule is Cc1ccncc1-c1cc2cc(NC(=O)[C@H]3C[C@@H]3C)ncc2c(N)c1F. The molecule has 0 unspecified atom stereocenters. The van der Waals surface area contributed by atoms with Gasteiger partial charge in [-0.1, -0.05) is 6.92 Å². The van der Waals surface area contributed by atoms with Crippen LogP contribution in [-0.2, 0) is 4.79 Å². The summed E-state index contributed by atoms with van der Waals surface area (Å²) in [5, 5.41) is 4.07. The van der Waals surface area contributed by atoms with Gasteiger partial charge in [-0.05, 0) is 48.4 Å².